The molecule has 2 N–H and O–H groups in total. The molecule has 0 radical (unpaired) electrons. The normalized spacial score (nSPS) is 16.0. The van der Waals surface area contributed by atoms with Crippen molar-refractivity contribution in [2.45, 2.75) is 31.5 Å². The van der Waals surface area contributed by atoms with Crippen LogP contribution in [0.5, 0.6) is 0 Å². The van der Waals surface area contributed by atoms with Crippen LogP contribution in [0.15, 0.2) is 0 Å². The van der Waals surface area contributed by atoms with Crippen LogP contribution in [-0.4, -0.2) is 162 Å². The maximum Gasteiger partial charge on any atom is 0.261 e. The lowest BCUT2D eigenvalue weighted by atomic mass is 10.3. The summed E-state index contributed by atoms with van der Waals surface area (Å²) in [6.07, 6.45) is -0.455. The topological polar surface area (TPSA) is 189 Å². The number of rotatable bonds is 27. The molecule has 0 bridgehead atoms. The summed E-state index contributed by atoms with van der Waals surface area (Å²) in [5.74, 6) is -5.20. The van der Waals surface area contributed by atoms with E-state index in [0.29, 0.717) is 89.1 Å². The number of likely N-dealkylation sites (tertiary alicyclic amines) is 2. The first-order chi connectivity index (χ1) is 20.4. The third kappa shape index (κ3) is 13.0. The zero-order valence-corrected chi connectivity index (χ0v) is 24.0. The molecule has 0 saturated carbocycles. The molecule has 2 aliphatic heterocycles. The molecule has 42 heavy (non-hydrogen) atoms. The van der Waals surface area contributed by atoms with Gasteiger partial charge in [0.05, 0.1) is 106 Å². The number of nitrogens with zero attached hydrogens (tertiary/aromatic N) is 2. The summed E-state index contributed by atoms with van der Waals surface area (Å²) in [6, 6.07) is 0. The number of carbonyl (C=O) groups excluding carboxylic acids is 4. The van der Waals surface area contributed by atoms with Crippen molar-refractivity contribution in [3.05, 3.63) is 0 Å². The molecule has 0 aromatic heterocycles. The van der Waals surface area contributed by atoms with E-state index >= 15 is 0 Å². The Morgan fingerprint density at radius 3 is 0.952 bits per heavy atom. The summed E-state index contributed by atoms with van der Waals surface area (Å²) in [7, 11) is 0. The summed E-state index contributed by atoms with van der Waals surface area (Å²) in [5, 5.41) is 19.7. The Morgan fingerprint density at radius 2 is 0.690 bits per heavy atom. The van der Waals surface area contributed by atoms with Gasteiger partial charge in [-0.05, 0) is 0 Å². The average molecular weight is 609 g/mol. The van der Waals surface area contributed by atoms with Gasteiger partial charge in [0.1, 0.15) is 6.61 Å². The molecule has 0 spiro atoms. The minimum Gasteiger partial charge on any atom is -0.394 e. The van der Waals surface area contributed by atoms with Crippen molar-refractivity contribution in [3.63, 3.8) is 0 Å². The van der Waals surface area contributed by atoms with E-state index in [1.807, 2.05) is 0 Å². The van der Waals surface area contributed by atoms with E-state index < -0.39 is 36.1 Å². The number of aliphatic hydroxyl groups excluding tert-OH is 1. The van der Waals surface area contributed by atoms with Crippen molar-refractivity contribution in [2.24, 2.45) is 0 Å². The summed E-state index contributed by atoms with van der Waals surface area (Å²) in [4.78, 5) is 49.9. The van der Waals surface area contributed by atoms with Gasteiger partial charge in [0.15, 0.2) is 0 Å². The van der Waals surface area contributed by atoms with E-state index in [0.717, 1.165) is 0 Å². The molecular weight excluding hydrogens is 564 g/mol. The summed E-state index contributed by atoms with van der Waals surface area (Å²) < 4.78 is 42.8. The first-order valence-electron chi connectivity index (χ1n) is 14.1. The molecular formula is C26H44N2O14. The lowest BCUT2D eigenvalue weighted by Gasteiger charge is -2.40. The summed E-state index contributed by atoms with van der Waals surface area (Å²) in [6.45, 7) is 4.71. The molecule has 2 aliphatic rings. The number of hydrogen-bond acceptors (Lipinski definition) is 14. The van der Waals surface area contributed by atoms with Crippen molar-refractivity contribution >= 4 is 23.6 Å². The molecule has 0 aromatic rings. The van der Waals surface area contributed by atoms with Gasteiger partial charge in [-0.3, -0.25) is 19.2 Å². The van der Waals surface area contributed by atoms with Crippen molar-refractivity contribution in [1.82, 2.24) is 9.80 Å². The van der Waals surface area contributed by atoms with Gasteiger partial charge in [-0.25, -0.2) is 9.80 Å². The van der Waals surface area contributed by atoms with Crippen LogP contribution >= 0.6 is 0 Å². The zero-order chi connectivity index (χ0) is 30.5. The van der Waals surface area contributed by atoms with Gasteiger partial charge in [-0.15, -0.1) is 0 Å². The minimum absolute atomic E-state index is 0.00139. The predicted octanol–water partition coefficient (Wildman–Crippen LogP) is -1.94. The van der Waals surface area contributed by atoms with Crippen molar-refractivity contribution in [3.8, 4) is 0 Å². The molecule has 0 aromatic carbocycles. The van der Waals surface area contributed by atoms with Crippen LogP contribution in [-0.2, 0) is 57.1 Å². The number of carbonyl (C=O) groups is 4. The molecule has 16 heteroatoms. The average Bonchev–Trinajstić information content (AvgIpc) is 3.50. The van der Waals surface area contributed by atoms with E-state index in [2.05, 4.69) is 0 Å². The van der Waals surface area contributed by atoms with Gasteiger partial charge in [0.25, 0.3) is 5.85 Å². The van der Waals surface area contributed by atoms with E-state index in [1.54, 1.807) is 0 Å². The molecule has 0 atom stereocenters. The quantitative estimate of drug-likeness (QED) is 0.0773. The first-order valence-corrected chi connectivity index (χ1v) is 14.1. The van der Waals surface area contributed by atoms with Crippen LogP contribution in [0.3, 0.4) is 0 Å². The van der Waals surface area contributed by atoms with Gasteiger partial charge in [-0.1, -0.05) is 0 Å². The monoisotopic (exact) mass is 608 g/mol. The van der Waals surface area contributed by atoms with Crippen molar-refractivity contribution in [2.75, 3.05) is 112 Å². The second-order valence-electron chi connectivity index (χ2n) is 9.08. The Kier molecular flexibility index (Phi) is 18.5. The maximum absolute atomic E-state index is 12.2. The van der Waals surface area contributed by atoms with Crippen LogP contribution in [0.1, 0.15) is 25.7 Å². The number of ether oxygens (including phenoxy) is 8. The lowest BCUT2D eigenvalue weighted by Crippen LogP contribution is -2.66. The van der Waals surface area contributed by atoms with Gasteiger partial charge < -0.3 is 48.1 Å². The molecule has 2 heterocycles. The number of amides is 4. The number of imide groups is 2. The Morgan fingerprint density at radius 1 is 0.452 bits per heavy atom. The van der Waals surface area contributed by atoms with Crippen LogP contribution in [0.4, 0.5) is 0 Å². The van der Waals surface area contributed by atoms with Crippen molar-refractivity contribution < 1.29 is 67.3 Å². The molecule has 242 valence electrons. The van der Waals surface area contributed by atoms with Crippen LogP contribution in [0, 0.1) is 0 Å². The Hall–Kier alpha value is -2.12. The SMILES string of the molecule is O=C1CCC(=O)N1C(O)(COCCOCCOCCOCCOCCOCCOCCOCCO)N1C(=O)CCC1=O. The fourth-order valence-electron chi connectivity index (χ4n) is 3.99. The Bertz CT molecular complexity index is 746. The number of aliphatic hydroxyl groups is 2. The fourth-order valence-corrected chi connectivity index (χ4v) is 3.99. The largest absolute Gasteiger partial charge is 0.394 e. The Balaban J connectivity index is 1.40. The third-order valence-electron chi connectivity index (χ3n) is 5.95. The number of hydrogen-bond donors (Lipinski definition) is 2. The zero-order valence-electron chi connectivity index (χ0n) is 24.0. The lowest BCUT2D eigenvalue weighted by molar-refractivity contribution is -0.227. The van der Waals surface area contributed by atoms with Gasteiger partial charge in [-0.2, -0.15) is 0 Å². The van der Waals surface area contributed by atoms with E-state index in [9.17, 15) is 24.3 Å². The van der Waals surface area contributed by atoms with Gasteiger partial charge in [0, 0.05) is 25.7 Å². The highest BCUT2D eigenvalue weighted by Crippen LogP contribution is 2.30. The predicted molar refractivity (Wildman–Crippen MR) is 141 cm³/mol. The third-order valence-corrected chi connectivity index (χ3v) is 5.95. The second kappa shape index (κ2) is 21.6. The molecule has 2 rings (SSSR count). The smallest absolute Gasteiger partial charge is 0.261 e. The van der Waals surface area contributed by atoms with E-state index in [-0.39, 0.29) is 52.1 Å². The highest BCUT2D eigenvalue weighted by Gasteiger charge is 2.55. The van der Waals surface area contributed by atoms with Crippen LogP contribution in [0.25, 0.3) is 0 Å². The van der Waals surface area contributed by atoms with Gasteiger partial charge in [0.2, 0.25) is 23.6 Å². The Labute approximate surface area is 245 Å². The second-order valence-corrected chi connectivity index (χ2v) is 9.08. The van der Waals surface area contributed by atoms with Crippen LogP contribution in [0.2, 0.25) is 0 Å². The summed E-state index contributed by atoms with van der Waals surface area (Å²) in [5.41, 5.74) is 0. The first kappa shape index (κ1) is 36.1. The highest BCUT2D eigenvalue weighted by atomic mass is 16.6. The summed E-state index contributed by atoms with van der Waals surface area (Å²) >= 11 is 0. The van der Waals surface area contributed by atoms with E-state index in [4.69, 9.17) is 43.0 Å². The highest BCUT2D eigenvalue weighted by molar-refractivity contribution is 6.06. The fraction of sp³-hybridized carbons (Fsp3) is 0.846. The molecule has 4 amide bonds. The molecule has 2 saturated heterocycles. The van der Waals surface area contributed by atoms with Crippen molar-refractivity contribution in [1.29, 1.82) is 0 Å². The molecule has 2 fully saturated rings. The van der Waals surface area contributed by atoms with Crippen LogP contribution < -0.4 is 0 Å². The standard InChI is InChI=1S/C26H44N2O14/c29-5-6-35-7-8-36-9-10-37-11-12-38-13-14-39-15-16-40-17-18-41-19-20-42-21-26(34,27-22(30)1-2-23(27)31)28-24(32)3-4-25(28)33/h29,34H,1-21H2. The van der Waals surface area contributed by atoms with E-state index in [1.165, 1.54) is 0 Å². The molecule has 0 aliphatic carbocycles. The maximum atomic E-state index is 12.2. The molecule has 0 unspecified atom stereocenters. The molecule has 16 nitrogen and oxygen atoms in total. The van der Waals surface area contributed by atoms with Gasteiger partial charge >= 0.3 is 0 Å². The minimum atomic E-state index is -2.50.